The summed E-state index contributed by atoms with van der Waals surface area (Å²) in [5.74, 6) is 0. The standard InChI is InChI=1S/C12H9ClO/c13-11-7-6-10-5-3-1-2-4-8-14-12(10)9-11/h1-9H. The van der Waals surface area contributed by atoms with Crippen molar-refractivity contribution in [3.8, 4) is 0 Å². The van der Waals surface area contributed by atoms with Gasteiger partial charge in [-0.1, -0.05) is 35.9 Å². The fraction of sp³-hybridized carbons (Fsp3) is 0. The average Bonchev–Trinajstić information content (AvgIpc) is 2.29. The number of halogens is 1. The zero-order chi connectivity index (χ0) is 9.80. The maximum atomic E-state index is 5.87. The summed E-state index contributed by atoms with van der Waals surface area (Å²) in [4.78, 5) is 0. The number of benzene rings is 1. The van der Waals surface area contributed by atoms with Crippen molar-refractivity contribution in [2.45, 2.75) is 0 Å². The predicted octanol–water partition coefficient (Wildman–Crippen LogP) is 4.21. The average molecular weight is 205 g/mol. The maximum absolute atomic E-state index is 5.87. The van der Waals surface area contributed by atoms with Gasteiger partial charge in [0, 0.05) is 10.4 Å². The van der Waals surface area contributed by atoms with Gasteiger partial charge in [0.1, 0.15) is 5.58 Å². The van der Waals surface area contributed by atoms with E-state index in [0.29, 0.717) is 5.02 Å². The van der Waals surface area contributed by atoms with Gasteiger partial charge in [0.2, 0.25) is 0 Å². The van der Waals surface area contributed by atoms with Crippen LogP contribution in [0.3, 0.4) is 0 Å². The molecule has 1 nitrogen and oxygen atoms in total. The fourth-order valence-electron chi connectivity index (χ4n) is 1.19. The van der Waals surface area contributed by atoms with Gasteiger partial charge in [-0.05, 0) is 24.3 Å². The molecule has 0 aliphatic carbocycles. The molecule has 2 heteroatoms. The van der Waals surface area contributed by atoms with E-state index >= 15 is 0 Å². The summed E-state index contributed by atoms with van der Waals surface area (Å²) in [6.45, 7) is 0. The number of fused-ring (bicyclic) bond motifs is 1. The second-order valence-electron chi connectivity index (χ2n) is 2.87. The van der Waals surface area contributed by atoms with Crippen molar-refractivity contribution < 1.29 is 4.42 Å². The van der Waals surface area contributed by atoms with Gasteiger partial charge < -0.3 is 4.42 Å². The predicted molar refractivity (Wildman–Crippen MR) is 58.9 cm³/mol. The van der Waals surface area contributed by atoms with Crippen LogP contribution in [-0.2, 0) is 0 Å². The minimum absolute atomic E-state index is 0.678. The summed E-state index contributed by atoms with van der Waals surface area (Å²) in [5, 5.41) is 1.70. The molecule has 2 rings (SSSR count). The molecule has 2 aromatic rings. The van der Waals surface area contributed by atoms with Gasteiger partial charge in [-0.3, -0.25) is 0 Å². The van der Waals surface area contributed by atoms with Gasteiger partial charge in [0.15, 0.2) is 0 Å². The first kappa shape index (κ1) is 9.10. The lowest BCUT2D eigenvalue weighted by Gasteiger charge is -1.92. The second-order valence-corrected chi connectivity index (χ2v) is 3.31. The molecule has 0 saturated carbocycles. The molecule has 0 atom stereocenters. The summed E-state index contributed by atoms with van der Waals surface area (Å²) < 4.78 is 5.42. The number of hydrogen-bond acceptors (Lipinski definition) is 1. The highest BCUT2D eigenvalue weighted by molar-refractivity contribution is 6.31. The summed E-state index contributed by atoms with van der Waals surface area (Å²) in [6.07, 6.45) is 1.64. The van der Waals surface area contributed by atoms with E-state index in [2.05, 4.69) is 0 Å². The fourth-order valence-corrected chi connectivity index (χ4v) is 1.36. The van der Waals surface area contributed by atoms with E-state index in [4.69, 9.17) is 16.0 Å². The van der Waals surface area contributed by atoms with E-state index in [9.17, 15) is 0 Å². The Morgan fingerprint density at radius 1 is 0.929 bits per heavy atom. The maximum Gasteiger partial charge on any atom is 0.135 e. The third-order valence-electron chi connectivity index (χ3n) is 1.86. The molecule has 0 saturated heterocycles. The molecule has 1 heterocycles. The highest BCUT2D eigenvalue weighted by atomic mass is 35.5. The van der Waals surface area contributed by atoms with Crippen LogP contribution >= 0.6 is 11.6 Å². The SMILES string of the molecule is Clc1ccc2ccccccoc2c1. The molecule has 0 unspecified atom stereocenters. The van der Waals surface area contributed by atoms with Crippen molar-refractivity contribution in [3.63, 3.8) is 0 Å². The monoisotopic (exact) mass is 204 g/mol. The Kier molecular flexibility index (Phi) is 2.70. The van der Waals surface area contributed by atoms with E-state index in [1.165, 1.54) is 0 Å². The van der Waals surface area contributed by atoms with Crippen LogP contribution in [0.2, 0.25) is 5.02 Å². The van der Waals surface area contributed by atoms with E-state index in [-0.39, 0.29) is 0 Å². The van der Waals surface area contributed by atoms with Crippen molar-refractivity contribution in [3.05, 3.63) is 59.8 Å². The Balaban J connectivity index is 2.81. The molecular weight excluding hydrogens is 196 g/mol. The van der Waals surface area contributed by atoms with Gasteiger partial charge in [0.25, 0.3) is 0 Å². The smallest absolute Gasteiger partial charge is 0.135 e. The van der Waals surface area contributed by atoms with Crippen LogP contribution < -0.4 is 0 Å². The Labute approximate surface area is 87.3 Å². The molecule has 0 N–H and O–H groups in total. The van der Waals surface area contributed by atoms with Gasteiger partial charge >= 0.3 is 0 Å². The largest absolute Gasteiger partial charge is 0.464 e. The first-order chi connectivity index (χ1) is 6.86. The van der Waals surface area contributed by atoms with Crippen molar-refractivity contribution in [1.29, 1.82) is 0 Å². The van der Waals surface area contributed by atoms with Crippen LogP contribution in [0, 0.1) is 0 Å². The van der Waals surface area contributed by atoms with Crippen molar-refractivity contribution in [2.24, 2.45) is 0 Å². The Bertz CT molecular complexity index is 486. The van der Waals surface area contributed by atoms with Gasteiger partial charge in [-0.2, -0.15) is 0 Å². The zero-order valence-corrected chi connectivity index (χ0v) is 8.24. The highest BCUT2D eigenvalue weighted by Crippen LogP contribution is 2.16. The molecule has 70 valence electrons. The van der Waals surface area contributed by atoms with E-state index in [0.717, 1.165) is 11.0 Å². The van der Waals surface area contributed by atoms with Crippen LogP contribution in [0.5, 0.6) is 0 Å². The highest BCUT2D eigenvalue weighted by Gasteiger charge is 1.91. The Morgan fingerprint density at radius 3 is 2.71 bits per heavy atom. The van der Waals surface area contributed by atoms with Crippen molar-refractivity contribution in [2.75, 3.05) is 0 Å². The van der Waals surface area contributed by atoms with Crippen LogP contribution in [0.15, 0.2) is 59.2 Å². The normalized spacial score (nSPS) is 9.79. The molecule has 1 aromatic carbocycles. The van der Waals surface area contributed by atoms with Gasteiger partial charge in [-0.15, -0.1) is 0 Å². The zero-order valence-electron chi connectivity index (χ0n) is 7.48. The van der Waals surface area contributed by atoms with E-state index < -0.39 is 0 Å². The lowest BCUT2D eigenvalue weighted by atomic mass is 10.2. The third-order valence-corrected chi connectivity index (χ3v) is 2.09. The molecule has 0 bridgehead atoms. The first-order valence-electron chi connectivity index (χ1n) is 4.32. The molecule has 0 fully saturated rings. The van der Waals surface area contributed by atoms with Gasteiger partial charge in [-0.25, -0.2) is 0 Å². The lowest BCUT2D eigenvalue weighted by Crippen LogP contribution is -1.66. The van der Waals surface area contributed by atoms with Crippen molar-refractivity contribution >= 4 is 22.6 Å². The molecule has 0 aliphatic rings. The van der Waals surface area contributed by atoms with Crippen molar-refractivity contribution in [1.82, 2.24) is 0 Å². The Morgan fingerprint density at radius 2 is 1.79 bits per heavy atom. The minimum atomic E-state index is 0.678. The number of hydrogen-bond donors (Lipinski definition) is 0. The van der Waals surface area contributed by atoms with E-state index in [1.54, 1.807) is 12.3 Å². The van der Waals surface area contributed by atoms with Crippen LogP contribution in [-0.4, -0.2) is 0 Å². The summed E-state index contributed by atoms with van der Waals surface area (Å²) in [7, 11) is 0. The Hall–Kier alpha value is -1.47. The van der Waals surface area contributed by atoms with Gasteiger partial charge in [0.05, 0.1) is 6.26 Å². The quantitative estimate of drug-likeness (QED) is 0.627. The summed E-state index contributed by atoms with van der Waals surface area (Å²) in [5.41, 5.74) is 0.772. The third kappa shape index (κ3) is 2.06. The van der Waals surface area contributed by atoms with Crippen LogP contribution in [0.1, 0.15) is 0 Å². The molecule has 0 spiro atoms. The summed E-state index contributed by atoms with van der Waals surface area (Å²) in [6, 6.07) is 15.2. The van der Waals surface area contributed by atoms with Crippen LogP contribution in [0.4, 0.5) is 0 Å². The minimum Gasteiger partial charge on any atom is -0.464 e. The first-order valence-corrected chi connectivity index (χ1v) is 4.70. The molecule has 14 heavy (non-hydrogen) atoms. The molecular formula is C12H9ClO. The molecule has 1 aromatic heterocycles. The lowest BCUT2D eigenvalue weighted by molar-refractivity contribution is 0.607. The van der Waals surface area contributed by atoms with Crippen LogP contribution in [0.25, 0.3) is 11.0 Å². The summed E-state index contributed by atoms with van der Waals surface area (Å²) >= 11 is 5.87. The molecule has 0 radical (unpaired) electrons. The second kappa shape index (κ2) is 4.16. The molecule has 0 amide bonds. The number of rotatable bonds is 0. The molecule has 0 aliphatic heterocycles. The van der Waals surface area contributed by atoms with E-state index in [1.807, 2.05) is 42.5 Å². The topological polar surface area (TPSA) is 13.1 Å².